The van der Waals surface area contributed by atoms with Crippen molar-refractivity contribution in [1.29, 1.82) is 0 Å². The van der Waals surface area contributed by atoms with Crippen molar-refractivity contribution in [3.63, 3.8) is 0 Å². The molecule has 0 radical (unpaired) electrons. The highest BCUT2D eigenvalue weighted by atomic mass is 16.2. The van der Waals surface area contributed by atoms with E-state index in [1.807, 2.05) is 37.6 Å². The zero-order valence-corrected chi connectivity index (χ0v) is 21.7. The lowest BCUT2D eigenvalue weighted by atomic mass is 9.93. The van der Waals surface area contributed by atoms with Crippen molar-refractivity contribution in [3.8, 4) is 0 Å². The summed E-state index contributed by atoms with van der Waals surface area (Å²) in [4.78, 5) is 25.0. The van der Waals surface area contributed by atoms with Crippen LogP contribution in [0.3, 0.4) is 0 Å². The van der Waals surface area contributed by atoms with Crippen molar-refractivity contribution in [3.05, 3.63) is 78.4 Å². The van der Waals surface area contributed by atoms with Crippen LogP contribution in [0.4, 0.5) is 11.4 Å². The molecule has 2 aliphatic rings. The molecule has 0 atom stereocenters. The van der Waals surface area contributed by atoms with E-state index in [0.29, 0.717) is 11.9 Å². The molecule has 2 aliphatic heterocycles. The zero-order valence-electron chi connectivity index (χ0n) is 21.7. The number of aromatic nitrogens is 3. The molecule has 2 saturated heterocycles. The molecule has 3 aromatic rings. The van der Waals surface area contributed by atoms with E-state index in [0.717, 1.165) is 76.3 Å². The Labute approximate surface area is 219 Å². The fraction of sp³-hybridized carbons (Fsp3) is 0.448. The number of rotatable bonds is 8. The molecule has 5 rings (SSSR count). The van der Waals surface area contributed by atoms with Gasteiger partial charge in [-0.05, 0) is 74.7 Å². The number of anilines is 2. The molecule has 0 bridgehead atoms. The van der Waals surface area contributed by atoms with Gasteiger partial charge in [0.1, 0.15) is 0 Å². The maximum atomic E-state index is 13.4. The van der Waals surface area contributed by atoms with Gasteiger partial charge in [0.2, 0.25) is 5.91 Å². The summed E-state index contributed by atoms with van der Waals surface area (Å²) in [6, 6.07) is 16.9. The van der Waals surface area contributed by atoms with Gasteiger partial charge in [-0.1, -0.05) is 18.2 Å². The molecule has 1 amide bonds. The Kier molecular flexibility index (Phi) is 8.25. The quantitative estimate of drug-likeness (QED) is 0.505. The van der Waals surface area contributed by atoms with Crippen molar-refractivity contribution in [2.24, 2.45) is 5.92 Å². The van der Waals surface area contributed by atoms with Gasteiger partial charge in [-0.2, -0.15) is 10.2 Å². The van der Waals surface area contributed by atoms with Crippen LogP contribution in [0.2, 0.25) is 0 Å². The van der Waals surface area contributed by atoms with Crippen molar-refractivity contribution in [2.45, 2.75) is 44.8 Å². The molecule has 2 aromatic heterocycles. The number of benzene rings is 1. The van der Waals surface area contributed by atoms with E-state index in [1.54, 1.807) is 6.20 Å². The molecular formula is C29H37N7O. The summed E-state index contributed by atoms with van der Waals surface area (Å²) in [6.07, 6.45) is 9.21. The molecule has 8 nitrogen and oxygen atoms in total. The average Bonchev–Trinajstić information content (AvgIpc) is 2.97. The lowest BCUT2D eigenvalue weighted by molar-refractivity contribution is -0.138. The summed E-state index contributed by atoms with van der Waals surface area (Å²) in [5, 5.41) is 11.2. The van der Waals surface area contributed by atoms with Crippen LogP contribution in [-0.4, -0.2) is 70.2 Å². The van der Waals surface area contributed by atoms with Crippen LogP contribution in [0.15, 0.2) is 67.1 Å². The number of hydrogen-bond donors (Lipinski definition) is 1. The van der Waals surface area contributed by atoms with E-state index in [-0.39, 0.29) is 5.92 Å². The summed E-state index contributed by atoms with van der Waals surface area (Å²) < 4.78 is 0. The van der Waals surface area contributed by atoms with Crippen molar-refractivity contribution < 1.29 is 4.79 Å². The molecule has 0 aliphatic carbocycles. The van der Waals surface area contributed by atoms with Crippen LogP contribution in [-0.2, 0) is 17.9 Å². The standard InChI is InChI=1S/C29H37N7O/c1-30-27-7-2-3-8-28(27)36(22-25-6-4-5-14-31-25)26-12-18-35(19-13-26)29(37)24-10-16-34(17-11-24)21-23-9-15-32-33-20-23/h2-9,14-15,20,24,26,30H,10-13,16-19,21-22H2,1H3. The van der Waals surface area contributed by atoms with Crippen LogP contribution in [0, 0.1) is 5.92 Å². The topological polar surface area (TPSA) is 77.5 Å². The maximum absolute atomic E-state index is 13.4. The fourth-order valence-electron chi connectivity index (χ4n) is 5.68. The molecule has 194 valence electrons. The number of hydrogen-bond acceptors (Lipinski definition) is 7. The number of para-hydroxylation sites is 2. The number of amides is 1. The predicted octanol–water partition coefficient (Wildman–Crippen LogP) is 3.82. The summed E-state index contributed by atoms with van der Waals surface area (Å²) in [5.74, 6) is 0.480. The molecular weight excluding hydrogens is 462 g/mol. The number of carbonyl (C=O) groups excluding carboxylic acids is 1. The Balaban J connectivity index is 1.18. The minimum absolute atomic E-state index is 0.137. The lowest BCUT2D eigenvalue weighted by Gasteiger charge is -2.42. The molecule has 2 fully saturated rings. The van der Waals surface area contributed by atoms with Gasteiger partial charge in [-0.25, -0.2) is 0 Å². The lowest BCUT2D eigenvalue weighted by Crippen LogP contribution is -2.49. The normalized spacial score (nSPS) is 17.5. The van der Waals surface area contributed by atoms with Crippen LogP contribution in [0.5, 0.6) is 0 Å². The number of piperidine rings is 2. The van der Waals surface area contributed by atoms with Gasteiger partial charge in [-0.3, -0.25) is 14.7 Å². The van der Waals surface area contributed by atoms with Crippen LogP contribution < -0.4 is 10.2 Å². The first-order valence-corrected chi connectivity index (χ1v) is 13.4. The van der Waals surface area contributed by atoms with E-state index >= 15 is 0 Å². The number of nitrogens with zero attached hydrogens (tertiary/aromatic N) is 6. The highest BCUT2D eigenvalue weighted by Gasteiger charge is 2.33. The van der Waals surface area contributed by atoms with Gasteiger partial charge in [-0.15, -0.1) is 0 Å². The highest BCUT2D eigenvalue weighted by molar-refractivity contribution is 5.79. The number of likely N-dealkylation sites (tertiary alicyclic amines) is 2. The number of nitrogens with one attached hydrogen (secondary N) is 1. The second kappa shape index (κ2) is 12.1. The van der Waals surface area contributed by atoms with Gasteiger partial charge < -0.3 is 15.1 Å². The summed E-state index contributed by atoms with van der Waals surface area (Å²) >= 11 is 0. The molecule has 1 N–H and O–H groups in total. The Morgan fingerprint density at radius 2 is 1.73 bits per heavy atom. The minimum atomic E-state index is 0.137. The van der Waals surface area contributed by atoms with Gasteiger partial charge in [0, 0.05) is 51.0 Å². The SMILES string of the molecule is CNc1ccccc1N(Cc1ccccn1)C1CCN(C(=O)C2CCN(Cc3ccnnc3)CC2)CC1. The predicted molar refractivity (Wildman–Crippen MR) is 146 cm³/mol. The van der Waals surface area contributed by atoms with E-state index < -0.39 is 0 Å². The first kappa shape index (κ1) is 25.1. The third kappa shape index (κ3) is 6.25. The molecule has 4 heterocycles. The van der Waals surface area contributed by atoms with Gasteiger partial charge in [0.25, 0.3) is 0 Å². The maximum Gasteiger partial charge on any atom is 0.225 e. The first-order chi connectivity index (χ1) is 18.2. The van der Waals surface area contributed by atoms with Crippen molar-refractivity contribution >= 4 is 17.3 Å². The Hall–Kier alpha value is -3.52. The number of pyridine rings is 1. The number of carbonyl (C=O) groups is 1. The molecule has 1 aromatic carbocycles. The Bertz CT molecular complexity index is 1130. The summed E-state index contributed by atoms with van der Waals surface area (Å²) in [7, 11) is 1.97. The monoisotopic (exact) mass is 499 g/mol. The first-order valence-electron chi connectivity index (χ1n) is 13.4. The second-order valence-electron chi connectivity index (χ2n) is 10.1. The molecule has 0 unspecified atom stereocenters. The van der Waals surface area contributed by atoms with Gasteiger partial charge in [0.05, 0.1) is 29.8 Å². The van der Waals surface area contributed by atoms with Crippen LogP contribution in [0.25, 0.3) is 0 Å². The molecule has 0 saturated carbocycles. The highest BCUT2D eigenvalue weighted by Crippen LogP contribution is 2.32. The Morgan fingerprint density at radius 3 is 2.43 bits per heavy atom. The van der Waals surface area contributed by atoms with Gasteiger partial charge >= 0.3 is 0 Å². The summed E-state index contributed by atoms with van der Waals surface area (Å²) in [6.45, 7) is 5.16. The average molecular weight is 500 g/mol. The Morgan fingerprint density at radius 1 is 0.946 bits per heavy atom. The largest absolute Gasteiger partial charge is 0.386 e. The molecule has 0 spiro atoms. The van der Waals surface area contributed by atoms with Crippen LogP contribution >= 0.6 is 0 Å². The molecule has 37 heavy (non-hydrogen) atoms. The van der Waals surface area contributed by atoms with Crippen LogP contribution in [0.1, 0.15) is 36.9 Å². The van der Waals surface area contributed by atoms with Crippen molar-refractivity contribution in [2.75, 3.05) is 43.4 Å². The minimum Gasteiger partial charge on any atom is -0.386 e. The third-order valence-electron chi connectivity index (χ3n) is 7.75. The second-order valence-corrected chi connectivity index (χ2v) is 10.1. The van der Waals surface area contributed by atoms with E-state index in [2.05, 4.69) is 65.5 Å². The van der Waals surface area contributed by atoms with E-state index in [1.165, 1.54) is 11.3 Å². The molecule has 8 heteroatoms. The smallest absolute Gasteiger partial charge is 0.225 e. The zero-order chi connectivity index (χ0) is 25.5. The van der Waals surface area contributed by atoms with E-state index in [4.69, 9.17) is 0 Å². The fourth-order valence-corrected chi connectivity index (χ4v) is 5.68. The van der Waals surface area contributed by atoms with Crippen molar-refractivity contribution in [1.82, 2.24) is 25.0 Å². The summed E-state index contributed by atoms with van der Waals surface area (Å²) in [5.41, 5.74) is 4.54. The third-order valence-corrected chi connectivity index (χ3v) is 7.75. The van der Waals surface area contributed by atoms with E-state index in [9.17, 15) is 4.79 Å². The van der Waals surface area contributed by atoms with Gasteiger partial charge in [0.15, 0.2) is 0 Å².